The fourth-order valence-electron chi connectivity index (χ4n) is 4.12. The SMILES string of the molecule is COC(=O)[C@@H]1C[C@]2(C)C[C@@H]2N1C(=O)CNC(=O)c1ccc(Oc2ccccc2)cc1. The van der Waals surface area contributed by atoms with Gasteiger partial charge in [-0.25, -0.2) is 4.79 Å². The zero-order chi connectivity index (χ0) is 21.3. The van der Waals surface area contributed by atoms with E-state index in [-0.39, 0.29) is 29.8 Å². The van der Waals surface area contributed by atoms with Crippen molar-refractivity contribution in [2.75, 3.05) is 13.7 Å². The number of fused-ring (bicyclic) bond motifs is 1. The van der Waals surface area contributed by atoms with Crippen LogP contribution in [0, 0.1) is 5.41 Å². The molecule has 0 bridgehead atoms. The molecule has 2 fully saturated rings. The first-order valence-electron chi connectivity index (χ1n) is 9.91. The van der Waals surface area contributed by atoms with Crippen LogP contribution in [0.3, 0.4) is 0 Å². The van der Waals surface area contributed by atoms with Gasteiger partial charge in [0.1, 0.15) is 17.5 Å². The van der Waals surface area contributed by atoms with E-state index in [9.17, 15) is 14.4 Å². The highest BCUT2D eigenvalue weighted by Crippen LogP contribution is 2.59. The molecule has 1 saturated heterocycles. The fourth-order valence-corrected chi connectivity index (χ4v) is 4.12. The monoisotopic (exact) mass is 408 g/mol. The van der Waals surface area contributed by atoms with Crippen LogP contribution in [-0.4, -0.2) is 48.4 Å². The number of likely N-dealkylation sites (tertiary alicyclic amines) is 1. The molecule has 1 saturated carbocycles. The molecule has 0 radical (unpaired) electrons. The molecule has 2 aliphatic rings. The molecule has 7 heteroatoms. The lowest BCUT2D eigenvalue weighted by Gasteiger charge is -2.25. The largest absolute Gasteiger partial charge is 0.467 e. The van der Waals surface area contributed by atoms with E-state index in [0.29, 0.717) is 23.5 Å². The Morgan fingerprint density at radius 3 is 2.37 bits per heavy atom. The van der Waals surface area contributed by atoms with Crippen molar-refractivity contribution in [1.29, 1.82) is 0 Å². The maximum Gasteiger partial charge on any atom is 0.328 e. The standard InChI is InChI=1S/C23H24N2O5/c1-23-12-18(22(28)29-2)25(19(23)13-23)20(26)14-24-21(27)15-8-10-17(11-9-15)30-16-6-4-3-5-7-16/h3-11,18-19H,12-14H2,1-2H3,(H,24,27)/t18-,19-,23+/m0/s1. The molecular formula is C23H24N2O5. The number of para-hydroxylation sites is 1. The first-order valence-corrected chi connectivity index (χ1v) is 9.91. The zero-order valence-electron chi connectivity index (χ0n) is 17.0. The quantitative estimate of drug-likeness (QED) is 0.743. The van der Waals surface area contributed by atoms with Crippen molar-refractivity contribution in [1.82, 2.24) is 10.2 Å². The Balaban J connectivity index is 1.34. The van der Waals surface area contributed by atoms with E-state index in [4.69, 9.17) is 9.47 Å². The minimum Gasteiger partial charge on any atom is -0.467 e. The molecule has 4 rings (SSSR count). The Bertz CT molecular complexity index is 959. The molecule has 0 spiro atoms. The van der Waals surface area contributed by atoms with Crippen molar-refractivity contribution in [3.63, 3.8) is 0 Å². The third kappa shape index (κ3) is 3.87. The number of piperidine rings is 1. The molecule has 1 aliphatic heterocycles. The van der Waals surface area contributed by atoms with Gasteiger partial charge in [-0.1, -0.05) is 25.1 Å². The normalized spacial score (nSPS) is 24.0. The molecule has 7 nitrogen and oxygen atoms in total. The summed E-state index contributed by atoms with van der Waals surface area (Å²) in [7, 11) is 1.32. The van der Waals surface area contributed by atoms with E-state index in [2.05, 4.69) is 12.2 Å². The van der Waals surface area contributed by atoms with Crippen LogP contribution in [0.5, 0.6) is 11.5 Å². The lowest BCUT2D eigenvalue weighted by Crippen LogP contribution is -2.47. The van der Waals surface area contributed by atoms with Gasteiger partial charge in [-0.15, -0.1) is 0 Å². The topological polar surface area (TPSA) is 84.9 Å². The van der Waals surface area contributed by atoms with Crippen LogP contribution in [-0.2, 0) is 14.3 Å². The van der Waals surface area contributed by atoms with Crippen molar-refractivity contribution < 1.29 is 23.9 Å². The Morgan fingerprint density at radius 2 is 1.70 bits per heavy atom. The van der Waals surface area contributed by atoms with E-state index >= 15 is 0 Å². The van der Waals surface area contributed by atoms with E-state index in [1.54, 1.807) is 29.2 Å². The van der Waals surface area contributed by atoms with Gasteiger partial charge < -0.3 is 19.7 Å². The van der Waals surface area contributed by atoms with Crippen molar-refractivity contribution in [2.24, 2.45) is 5.41 Å². The number of ether oxygens (including phenoxy) is 2. The van der Waals surface area contributed by atoms with Crippen LogP contribution < -0.4 is 10.1 Å². The number of rotatable bonds is 6. The van der Waals surface area contributed by atoms with Gasteiger partial charge in [0, 0.05) is 11.6 Å². The number of amides is 2. The number of nitrogens with zero attached hydrogens (tertiary/aromatic N) is 1. The number of hydrogen-bond donors (Lipinski definition) is 1. The summed E-state index contributed by atoms with van der Waals surface area (Å²) in [5, 5.41) is 2.65. The van der Waals surface area contributed by atoms with Crippen molar-refractivity contribution >= 4 is 17.8 Å². The summed E-state index contributed by atoms with van der Waals surface area (Å²) < 4.78 is 10.6. The smallest absolute Gasteiger partial charge is 0.328 e. The van der Waals surface area contributed by atoms with Crippen LogP contribution >= 0.6 is 0 Å². The molecule has 2 aromatic carbocycles. The average molecular weight is 408 g/mol. The second-order valence-electron chi connectivity index (χ2n) is 8.04. The molecule has 0 unspecified atom stereocenters. The maximum absolute atomic E-state index is 12.7. The number of carbonyl (C=O) groups excluding carboxylic acids is 3. The van der Waals surface area contributed by atoms with Crippen LogP contribution in [0.25, 0.3) is 0 Å². The molecule has 0 aromatic heterocycles. The van der Waals surface area contributed by atoms with Crippen LogP contribution in [0.2, 0.25) is 0 Å². The van der Waals surface area contributed by atoms with Gasteiger partial charge in [0.25, 0.3) is 5.91 Å². The van der Waals surface area contributed by atoms with Gasteiger partial charge >= 0.3 is 5.97 Å². The highest BCUT2D eigenvalue weighted by atomic mass is 16.5. The van der Waals surface area contributed by atoms with Gasteiger partial charge in [0.2, 0.25) is 5.91 Å². The number of methoxy groups -OCH3 is 1. The summed E-state index contributed by atoms with van der Waals surface area (Å²) in [6.45, 7) is 1.90. The van der Waals surface area contributed by atoms with E-state index in [0.717, 1.165) is 6.42 Å². The van der Waals surface area contributed by atoms with Gasteiger partial charge in [0.05, 0.1) is 13.7 Å². The predicted molar refractivity (Wildman–Crippen MR) is 109 cm³/mol. The number of nitrogens with one attached hydrogen (secondary N) is 1. The van der Waals surface area contributed by atoms with E-state index < -0.39 is 12.0 Å². The third-order valence-electron chi connectivity index (χ3n) is 5.89. The summed E-state index contributed by atoms with van der Waals surface area (Å²) in [6.07, 6.45) is 1.48. The molecule has 1 heterocycles. The number of carbonyl (C=O) groups is 3. The van der Waals surface area contributed by atoms with Crippen LogP contribution in [0.15, 0.2) is 54.6 Å². The van der Waals surface area contributed by atoms with Crippen LogP contribution in [0.4, 0.5) is 0 Å². The number of esters is 1. The second kappa shape index (κ2) is 7.82. The predicted octanol–water partition coefficient (Wildman–Crippen LogP) is 2.76. The third-order valence-corrected chi connectivity index (χ3v) is 5.89. The zero-order valence-corrected chi connectivity index (χ0v) is 17.0. The first-order chi connectivity index (χ1) is 14.4. The molecular weight excluding hydrogens is 384 g/mol. The molecule has 2 aromatic rings. The number of hydrogen-bond acceptors (Lipinski definition) is 5. The van der Waals surface area contributed by atoms with Crippen LogP contribution in [0.1, 0.15) is 30.1 Å². The average Bonchev–Trinajstić information content (AvgIpc) is 3.32. The Morgan fingerprint density at radius 1 is 1.03 bits per heavy atom. The van der Waals surface area contributed by atoms with Gasteiger partial charge in [0.15, 0.2) is 0 Å². The Hall–Kier alpha value is -3.35. The Labute approximate surface area is 175 Å². The van der Waals surface area contributed by atoms with Crippen molar-refractivity contribution in [3.8, 4) is 11.5 Å². The number of benzene rings is 2. The summed E-state index contributed by atoms with van der Waals surface area (Å²) in [6, 6.07) is 15.5. The minimum atomic E-state index is -0.572. The van der Waals surface area contributed by atoms with Crippen molar-refractivity contribution in [3.05, 3.63) is 60.2 Å². The lowest BCUT2D eigenvalue weighted by atomic mass is 10.0. The molecule has 2 amide bonds. The second-order valence-corrected chi connectivity index (χ2v) is 8.04. The Kier molecular flexibility index (Phi) is 5.20. The molecule has 1 N–H and O–H groups in total. The fraction of sp³-hybridized carbons (Fsp3) is 0.348. The van der Waals surface area contributed by atoms with Gasteiger partial charge in [-0.3, -0.25) is 9.59 Å². The van der Waals surface area contributed by atoms with Gasteiger partial charge in [-0.2, -0.15) is 0 Å². The highest BCUT2D eigenvalue weighted by molar-refractivity contribution is 5.97. The first kappa shape index (κ1) is 19.9. The molecule has 3 atom stereocenters. The molecule has 156 valence electrons. The summed E-state index contributed by atoms with van der Waals surface area (Å²) in [4.78, 5) is 38.8. The van der Waals surface area contributed by atoms with Gasteiger partial charge in [-0.05, 0) is 54.7 Å². The molecule has 1 aliphatic carbocycles. The minimum absolute atomic E-state index is 0.0207. The summed E-state index contributed by atoms with van der Waals surface area (Å²) in [5.74, 6) is 0.283. The maximum atomic E-state index is 12.7. The summed E-state index contributed by atoms with van der Waals surface area (Å²) >= 11 is 0. The van der Waals surface area contributed by atoms with Crippen molar-refractivity contribution in [2.45, 2.75) is 31.8 Å². The highest BCUT2D eigenvalue weighted by Gasteiger charge is 2.64. The lowest BCUT2D eigenvalue weighted by molar-refractivity contribution is -0.151. The molecule has 30 heavy (non-hydrogen) atoms. The summed E-state index contributed by atoms with van der Waals surface area (Å²) in [5.41, 5.74) is 0.401. The van der Waals surface area contributed by atoms with E-state index in [1.165, 1.54) is 7.11 Å². The van der Waals surface area contributed by atoms with E-state index in [1.807, 2.05) is 30.3 Å².